The van der Waals surface area contributed by atoms with E-state index >= 15 is 0 Å². The predicted octanol–water partition coefficient (Wildman–Crippen LogP) is 6.62. The molecule has 28 heavy (non-hydrogen) atoms. The van der Waals surface area contributed by atoms with Gasteiger partial charge in [-0.1, -0.05) is 32.9 Å². The predicted molar refractivity (Wildman–Crippen MR) is 112 cm³/mol. The number of pyridine rings is 1. The van der Waals surface area contributed by atoms with Crippen molar-refractivity contribution in [1.29, 1.82) is 0 Å². The summed E-state index contributed by atoms with van der Waals surface area (Å²) in [5, 5.41) is 0.753. The second-order valence-corrected chi connectivity index (χ2v) is 8.11. The topological polar surface area (TPSA) is 31.4 Å². The molecule has 4 heteroatoms. The number of hydrogen-bond donors (Lipinski definition) is 0. The van der Waals surface area contributed by atoms with Gasteiger partial charge in [-0.15, -0.1) is 0 Å². The van der Waals surface area contributed by atoms with Gasteiger partial charge in [0.25, 0.3) is 0 Å². The smallest absolute Gasteiger partial charge is 0.219 e. The maximum Gasteiger partial charge on any atom is 0.219 e. The SMILES string of the molecule is CCOCc1cc(C(C)(C)C)c(Oc2ccc3cccc(F)c3n2)c(C)c1C. The number of benzene rings is 2. The number of para-hydroxylation sites is 1. The molecule has 3 aromatic rings. The molecule has 2 aromatic carbocycles. The second kappa shape index (κ2) is 7.88. The lowest BCUT2D eigenvalue weighted by atomic mass is 9.82. The van der Waals surface area contributed by atoms with Crippen LogP contribution in [0.4, 0.5) is 4.39 Å². The van der Waals surface area contributed by atoms with Crippen LogP contribution in [0.15, 0.2) is 36.4 Å². The van der Waals surface area contributed by atoms with Crippen molar-refractivity contribution >= 4 is 10.9 Å². The molecule has 3 rings (SSSR count). The second-order valence-electron chi connectivity index (χ2n) is 8.11. The van der Waals surface area contributed by atoms with Gasteiger partial charge in [-0.25, -0.2) is 9.37 Å². The van der Waals surface area contributed by atoms with Gasteiger partial charge >= 0.3 is 0 Å². The molecule has 0 radical (unpaired) electrons. The summed E-state index contributed by atoms with van der Waals surface area (Å²) in [4.78, 5) is 4.41. The van der Waals surface area contributed by atoms with E-state index in [1.54, 1.807) is 12.1 Å². The maximum absolute atomic E-state index is 14.2. The summed E-state index contributed by atoms with van der Waals surface area (Å²) >= 11 is 0. The van der Waals surface area contributed by atoms with Crippen LogP contribution in [0, 0.1) is 19.7 Å². The molecular formula is C24H28FNO2. The van der Waals surface area contributed by atoms with Crippen molar-refractivity contribution in [2.45, 2.75) is 53.6 Å². The first-order valence-corrected chi connectivity index (χ1v) is 9.66. The minimum atomic E-state index is -0.348. The van der Waals surface area contributed by atoms with E-state index < -0.39 is 0 Å². The first-order valence-electron chi connectivity index (χ1n) is 9.66. The van der Waals surface area contributed by atoms with Gasteiger partial charge in [0.2, 0.25) is 5.88 Å². The largest absolute Gasteiger partial charge is 0.438 e. The molecule has 0 bridgehead atoms. The number of ether oxygens (including phenoxy) is 2. The summed E-state index contributed by atoms with van der Waals surface area (Å²) in [5.41, 5.74) is 4.63. The minimum absolute atomic E-state index is 0.128. The molecule has 1 heterocycles. The highest BCUT2D eigenvalue weighted by Crippen LogP contribution is 2.39. The van der Waals surface area contributed by atoms with Crippen LogP contribution in [0.25, 0.3) is 10.9 Å². The number of aromatic nitrogens is 1. The molecule has 0 aliphatic rings. The highest BCUT2D eigenvalue weighted by Gasteiger charge is 2.24. The van der Waals surface area contributed by atoms with Gasteiger partial charge in [0.1, 0.15) is 17.1 Å². The average molecular weight is 381 g/mol. The summed E-state index contributed by atoms with van der Waals surface area (Å²) < 4.78 is 26.1. The monoisotopic (exact) mass is 381 g/mol. The molecule has 0 spiro atoms. The third-order valence-corrected chi connectivity index (χ3v) is 5.07. The highest BCUT2D eigenvalue weighted by atomic mass is 19.1. The van der Waals surface area contributed by atoms with Crippen molar-refractivity contribution in [3.05, 3.63) is 64.5 Å². The van der Waals surface area contributed by atoms with Crippen LogP contribution in [0.5, 0.6) is 11.6 Å². The van der Waals surface area contributed by atoms with Crippen molar-refractivity contribution in [3.63, 3.8) is 0 Å². The molecule has 0 unspecified atom stereocenters. The Kier molecular flexibility index (Phi) is 5.71. The fraction of sp³-hybridized carbons (Fsp3) is 0.375. The Hall–Kier alpha value is -2.46. The molecule has 0 amide bonds. The number of nitrogens with zero attached hydrogens (tertiary/aromatic N) is 1. The quantitative estimate of drug-likeness (QED) is 0.498. The Labute approximate surface area is 166 Å². The first-order chi connectivity index (χ1) is 13.2. The molecular weight excluding hydrogens is 353 g/mol. The zero-order valence-corrected chi connectivity index (χ0v) is 17.5. The standard InChI is InChI=1S/C24H28FNO2/c1-7-27-14-18-13-19(24(4,5)6)23(16(3)15(18)2)28-21-12-11-17-9-8-10-20(25)22(17)26-21/h8-13H,7,14H2,1-6H3. The van der Waals surface area contributed by atoms with Crippen molar-refractivity contribution < 1.29 is 13.9 Å². The van der Waals surface area contributed by atoms with Crippen LogP contribution < -0.4 is 4.74 Å². The number of hydrogen-bond acceptors (Lipinski definition) is 3. The van der Waals surface area contributed by atoms with Crippen molar-refractivity contribution in [2.24, 2.45) is 0 Å². The summed E-state index contributed by atoms with van der Waals surface area (Å²) in [6.45, 7) is 13.8. The van der Waals surface area contributed by atoms with Crippen LogP contribution >= 0.6 is 0 Å². The molecule has 0 N–H and O–H groups in total. The Morgan fingerprint density at radius 2 is 1.79 bits per heavy atom. The molecule has 1 aromatic heterocycles. The molecule has 3 nitrogen and oxygen atoms in total. The van der Waals surface area contributed by atoms with Crippen LogP contribution in [-0.4, -0.2) is 11.6 Å². The lowest BCUT2D eigenvalue weighted by Gasteiger charge is -2.26. The lowest BCUT2D eigenvalue weighted by Crippen LogP contribution is -2.15. The van der Waals surface area contributed by atoms with Gasteiger partial charge in [0, 0.05) is 23.6 Å². The summed E-state index contributed by atoms with van der Waals surface area (Å²) in [5.74, 6) is 0.829. The average Bonchev–Trinajstić information content (AvgIpc) is 2.64. The number of fused-ring (bicyclic) bond motifs is 1. The van der Waals surface area contributed by atoms with E-state index in [1.165, 1.54) is 6.07 Å². The molecule has 0 aliphatic carbocycles. The van der Waals surface area contributed by atoms with E-state index in [9.17, 15) is 4.39 Å². The fourth-order valence-electron chi connectivity index (χ4n) is 3.27. The molecule has 0 saturated carbocycles. The van der Waals surface area contributed by atoms with Crippen molar-refractivity contribution in [3.8, 4) is 11.6 Å². The van der Waals surface area contributed by atoms with Crippen LogP contribution in [0.1, 0.15) is 49.9 Å². The highest BCUT2D eigenvalue weighted by molar-refractivity contribution is 5.79. The van der Waals surface area contributed by atoms with Gasteiger partial charge in [0.15, 0.2) is 0 Å². The Balaban J connectivity index is 2.10. The van der Waals surface area contributed by atoms with E-state index in [-0.39, 0.29) is 11.2 Å². The Bertz CT molecular complexity index is 1010. The molecule has 0 atom stereocenters. The van der Waals surface area contributed by atoms with Crippen molar-refractivity contribution in [1.82, 2.24) is 4.98 Å². The molecule has 148 valence electrons. The third kappa shape index (κ3) is 4.02. The van der Waals surface area contributed by atoms with Gasteiger partial charge < -0.3 is 9.47 Å². The minimum Gasteiger partial charge on any atom is -0.438 e. The van der Waals surface area contributed by atoms with Gasteiger partial charge in [0.05, 0.1) is 6.61 Å². The van der Waals surface area contributed by atoms with E-state index in [1.807, 2.05) is 19.1 Å². The van der Waals surface area contributed by atoms with E-state index in [0.29, 0.717) is 24.6 Å². The Morgan fingerprint density at radius 3 is 2.46 bits per heavy atom. The lowest BCUT2D eigenvalue weighted by molar-refractivity contribution is 0.133. The molecule has 0 fully saturated rings. The van der Waals surface area contributed by atoms with E-state index in [0.717, 1.165) is 33.4 Å². The van der Waals surface area contributed by atoms with Crippen molar-refractivity contribution in [2.75, 3.05) is 6.61 Å². The molecule has 0 aliphatic heterocycles. The zero-order valence-electron chi connectivity index (χ0n) is 17.5. The summed E-state index contributed by atoms with van der Waals surface area (Å²) in [6, 6.07) is 10.7. The van der Waals surface area contributed by atoms with Crippen LogP contribution in [0.3, 0.4) is 0 Å². The maximum atomic E-state index is 14.2. The van der Waals surface area contributed by atoms with E-state index in [4.69, 9.17) is 9.47 Å². The normalized spacial score (nSPS) is 11.8. The van der Waals surface area contributed by atoms with Gasteiger partial charge in [-0.3, -0.25) is 0 Å². The number of halogens is 1. The zero-order chi connectivity index (χ0) is 20.5. The summed E-state index contributed by atoms with van der Waals surface area (Å²) in [7, 11) is 0. The van der Waals surface area contributed by atoms with Crippen LogP contribution in [0.2, 0.25) is 0 Å². The van der Waals surface area contributed by atoms with Gasteiger partial charge in [-0.05, 0) is 61.1 Å². The van der Waals surface area contributed by atoms with Gasteiger partial charge in [-0.2, -0.15) is 0 Å². The number of rotatable bonds is 5. The molecule has 0 saturated heterocycles. The Morgan fingerprint density at radius 1 is 1.04 bits per heavy atom. The third-order valence-electron chi connectivity index (χ3n) is 5.07. The summed E-state index contributed by atoms with van der Waals surface area (Å²) in [6.07, 6.45) is 0. The van der Waals surface area contributed by atoms with E-state index in [2.05, 4.69) is 45.7 Å². The first kappa shape index (κ1) is 20.3. The van der Waals surface area contributed by atoms with Crippen LogP contribution in [-0.2, 0) is 16.8 Å². The fourth-order valence-corrected chi connectivity index (χ4v) is 3.27.